The van der Waals surface area contributed by atoms with Crippen molar-refractivity contribution < 1.29 is 23.2 Å². The summed E-state index contributed by atoms with van der Waals surface area (Å²) in [5, 5.41) is 4.02. The number of oxime groups is 1. The van der Waals surface area contributed by atoms with Gasteiger partial charge in [-0.2, -0.15) is 0 Å². The number of methoxy groups -OCH3 is 1. The third kappa shape index (κ3) is 6.48. The Morgan fingerprint density at radius 2 is 1.64 bits per heavy atom. The molecule has 0 spiro atoms. The van der Waals surface area contributed by atoms with Gasteiger partial charge in [-0.3, -0.25) is 4.57 Å². The summed E-state index contributed by atoms with van der Waals surface area (Å²) in [4.78, 5) is 5.35. The molecular formula is C21H28NO5P. The molecule has 0 bridgehead atoms. The molecule has 0 heterocycles. The van der Waals surface area contributed by atoms with Gasteiger partial charge in [0.25, 0.3) is 0 Å². The lowest BCUT2D eigenvalue weighted by Crippen LogP contribution is -2.08. The van der Waals surface area contributed by atoms with Crippen LogP contribution in [0.4, 0.5) is 0 Å². The number of hydrogen-bond acceptors (Lipinski definition) is 6. The van der Waals surface area contributed by atoms with Gasteiger partial charge in [0.05, 0.1) is 26.0 Å². The van der Waals surface area contributed by atoms with Crippen molar-refractivity contribution in [1.29, 1.82) is 0 Å². The third-order valence-corrected chi connectivity index (χ3v) is 6.56. The molecule has 0 aliphatic carbocycles. The lowest BCUT2D eigenvalue weighted by molar-refractivity contribution is 0.131. The standard InChI is InChI=1S/C21H28NO5P/c1-4-26-28(23,27-5-2)21(19-11-13-20(24-3)14-12-19)15-16-22-25-17-18-9-7-6-8-10-18/h6-14,16,21H,4-5,15,17H2,1-3H3/b22-16+. The van der Waals surface area contributed by atoms with Crippen LogP contribution in [0.3, 0.4) is 0 Å². The van der Waals surface area contributed by atoms with Gasteiger partial charge in [0, 0.05) is 12.6 Å². The molecule has 28 heavy (non-hydrogen) atoms. The molecule has 0 N–H and O–H groups in total. The van der Waals surface area contributed by atoms with E-state index in [0.717, 1.165) is 16.9 Å². The number of ether oxygens (including phenoxy) is 1. The van der Waals surface area contributed by atoms with E-state index in [2.05, 4.69) is 5.16 Å². The van der Waals surface area contributed by atoms with E-state index in [1.54, 1.807) is 27.2 Å². The normalized spacial score (nSPS) is 12.8. The van der Waals surface area contributed by atoms with E-state index in [1.807, 2.05) is 54.6 Å². The topological polar surface area (TPSA) is 66.4 Å². The van der Waals surface area contributed by atoms with Crippen LogP contribution >= 0.6 is 7.60 Å². The van der Waals surface area contributed by atoms with Crippen molar-refractivity contribution in [3.63, 3.8) is 0 Å². The van der Waals surface area contributed by atoms with E-state index < -0.39 is 13.3 Å². The minimum atomic E-state index is -3.37. The molecule has 1 unspecified atom stereocenters. The average molecular weight is 405 g/mol. The highest BCUT2D eigenvalue weighted by molar-refractivity contribution is 7.54. The monoisotopic (exact) mass is 405 g/mol. The summed E-state index contributed by atoms with van der Waals surface area (Å²) in [7, 11) is -1.76. The summed E-state index contributed by atoms with van der Waals surface area (Å²) < 4.78 is 29.7. The molecule has 1 atom stereocenters. The van der Waals surface area contributed by atoms with Crippen LogP contribution in [0.15, 0.2) is 59.8 Å². The third-order valence-electron chi connectivity index (χ3n) is 4.05. The molecule has 2 rings (SSSR count). The van der Waals surface area contributed by atoms with Gasteiger partial charge in [-0.25, -0.2) is 0 Å². The van der Waals surface area contributed by atoms with Crippen LogP contribution in [0.25, 0.3) is 0 Å². The molecular weight excluding hydrogens is 377 g/mol. The fourth-order valence-corrected chi connectivity index (χ4v) is 4.78. The van der Waals surface area contributed by atoms with Gasteiger partial charge in [0.15, 0.2) is 0 Å². The van der Waals surface area contributed by atoms with Gasteiger partial charge in [-0.15, -0.1) is 0 Å². The Bertz CT molecular complexity index is 754. The molecule has 2 aromatic rings. The van der Waals surface area contributed by atoms with Crippen LogP contribution in [0.2, 0.25) is 0 Å². The Balaban J connectivity index is 2.12. The quantitative estimate of drug-likeness (QED) is 0.261. The molecule has 0 aliphatic rings. The molecule has 0 saturated heterocycles. The molecule has 0 aromatic heterocycles. The Kier molecular flexibility index (Phi) is 9.21. The van der Waals surface area contributed by atoms with Crippen molar-refractivity contribution in [3.8, 4) is 5.75 Å². The zero-order valence-corrected chi connectivity index (χ0v) is 17.5. The molecule has 2 aromatic carbocycles. The van der Waals surface area contributed by atoms with Crippen molar-refractivity contribution in [1.82, 2.24) is 0 Å². The van der Waals surface area contributed by atoms with Crippen LogP contribution in [0.5, 0.6) is 5.75 Å². The summed E-state index contributed by atoms with van der Waals surface area (Å²) in [5.41, 5.74) is 1.38. The predicted molar refractivity (Wildman–Crippen MR) is 111 cm³/mol. The Morgan fingerprint density at radius 3 is 2.21 bits per heavy atom. The lowest BCUT2D eigenvalue weighted by atomic mass is 10.1. The largest absolute Gasteiger partial charge is 0.497 e. The van der Waals surface area contributed by atoms with E-state index >= 15 is 0 Å². The number of benzene rings is 2. The zero-order chi connectivity index (χ0) is 20.2. The molecule has 7 heteroatoms. The lowest BCUT2D eigenvalue weighted by Gasteiger charge is -2.25. The summed E-state index contributed by atoms with van der Waals surface area (Å²) in [6.45, 7) is 4.57. The van der Waals surface area contributed by atoms with Crippen LogP contribution in [-0.4, -0.2) is 26.5 Å². The zero-order valence-electron chi connectivity index (χ0n) is 16.6. The average Bonchev–Trinajstić information content (AvgIpc) is 2.72. The molecule has 0 amide bonds. The summed E-state index contributed by atoms with van der Waals surface area (Å²) in [6.07, 6.45) is 1.97. The number of hydrogen-bond donors (Lipinski definition) is 0. The second-order valence-corrected chi connectivity index (χ2v) is 8.17. The first-order chi connectivity index (χ1) is 13.6. The van der Waals surface area contributed by atoms with Crippen molar-refractivity contribution in [2.24, 2.45) is 5.16 Å². The smallest absolute Gasteiger partial charge is 0.338 e. The van der Waals surface area contributed by atoms with Crippen molar-refractivity contribution in [2.45, 2.75) is 32.5 Å². The number of rotatable bonds is 12. The van der Waals surface area contributed by atoms with E-state index in [1.165, 1.54) is 0 Å². The minimum Gasteiger partial charge on any atom is -0.497 e. The predicted octanol–water partition coefficient (Wildman–Crippen LogP) is 5.60. The van der Waals surface area contributed by atoms with E-state index in [0.29, 0.717) is 26.2 Å². The first-order valence-corrected chi connectivity index (χ1v) is 10.9. The van der Waals surface area contributed by atoms with Gasteiger partial charge in [0.2, 0.25) is 0 Å². The fourth-order valence-electron chi connectivity index (χ4n) is 2.73. The highest BCUT2D eigenvalue weighted by atomic mass is 31.2. The minimum absolute atomic E-state index is 0.297. The first kappa shape index (κ1) is 22.2. The molecule has 152 valence electrons. The van der Waals surface area contributed by atoms with Gasteiger partial charge in [0.1, 0.15) is 12.4 Å². The molecule has 0 radical (unpaired) electrons. The van der Waals surface area contributed by atoms with Gasteiger partial charge >= 0.3 is 7.60 Å². The van der Waals surface area contributed by atoms with Gasteiger partial charge in [-0.1, -0.05) is 47.6 Å². The van der Waals surface area contributed by atoms with E-state index in [-0.39, 0.29) is 0 Å². The highest BCUT2D eigenvalue weighted by Gasteiger charge is 2.36. The number of nitrogens with zero attached hydrogens (tertiary/aromatic N) is 1. The van der Waals surface area contributed by atoms with Crippen molar-refractivity contribution in [2.75, 3.05) is 20.3 Å². The van der Waals surface area contributed by atoms with E-state index in [4.69, 9.17) is 18.6 Å². The second kappa shape index (κ2) is 11.6. The fraction of sp³-hybridized carbons (Fsp3) is 0.381. The molecule has 0 aliphatic heterocycles. The maximum atomic E-state index is 13.4. The SMILES string of the molecule is CCOP(=O)(OCC)C(C/C=N/OCc1ccccc1)c1ccc(OC)cc1. The second-order valence-electron chi connectivity index (χ2n) is 5.95. The van der Waals surface area contributed by atoms with Gasteiger partial charge in [-0.05, 0) is 37.1 Å². The molecule has 0 saturated carbocycles. The molecule has 6 nitrogen and oxygen atoms in total. The Labute approximate surface area is 167 Å². The van der Waals surface area contributed by atoms with Crippen molar-refractivity contribution >= 4 is 13.8 Å². The van der Waals surface area contributed by atoms with Crippen LogP contribution in [0, 0.1) is 0 Å². The summed E-state index contributed by atoms with van der Waals surface area (Å²) >= 11 is 0. The Morgan fingerprint density at radius 1 is 1.00 bits per heavy atom. The highest BCUT2D eigenvalue weighted by Crippen LogP contribution is 2.62. The van der Waals surface area contributed by atoms with Crippen LogP contribution in [-0.2, 0) is 25.1 Å². The van der Waals surface area contributed by atoms with E-state index in [9.17, 15) is 4.57 Å². The first-order valence-electron chi connectivity index (χ1n) is 9.33. The summed E-state index contributed by atoms with van der Waals surface area (Å²) in [6, 6.07) is 17.2. The van der Waals surface area contributed by atoms with Crippen molar-refractivity contribution in [3.05, 3.63) is 65.7 Å². The Hall–Kier alpha value is -2.14. The van der Waals surface area contributed by atoms with Gasteiger partial charge < -0.3 is 18.6 Å². The van der Waals surface area contributed by atoms with Crippen LogP contribution < -0.4 is 4.74 Å². The maximum absolute atomic E-state index is 13.4. The maximum Gasteiger partial charge on any atom is 0.338 e. The molecule has 0 fully saturated rings. The van der Waals surface area contributed by atoms with Crippen LogP contribution in [0.1, 0.15) is 37.1 Å². The summed E-state index contributed by atoms with van der Waals surface area (Å²) in [5.74, 6) is 0.727.